The summed E-state index contributed by atoms with van der Waals surface area (Å²) in [6.45, 7) is 3.83. The summed E-state index contributed by atoms with van der Waals surface area (Å²) in [6.07, 6.45) is 1.78. The maximum absolute atomic E-state index is 12.9. The highest BCUT2D eigenvalue weighted by molar-refractivity contribution is 6.12. The average Bonchev–Trinajstić information content (AvgIpc) is 3.27. The molecular formula is C21H19N3O4. The third-order valence-corrected chi connectivity index (χ3v) is 4.42. The number of aromatic nitrogens is 3. The zero-order valence-corrected chi connectivity index (χ0v) is 15.6. The van der Waals surface area contributed by atoms with Crippen molar-refractivity contribution in [1.82, 2.24) is 14.4 Å². The van der Waals surface area contributed by atoms with Gasteiger partial charge in [-0.1, -0.05) is 18.2 Å². The molecule has 0 aliphatic heterocycles. The predicted molar refractivity (Wildman–Crippen MR) is 104 cm³/mol. The van der Waals surface area contributed by atoms with Crippen LogP contribution in [0.4, 0.5) is 0 Å². The molecule has 0 amide bonds. The monoisotopic (exact) mass is 377 g/mol. The number of rotatable bonds is 5. The fourth-order valence-electron chi connectivity index (χ4n) is 3.32. The van der Waals surface area contributed by atoms with Crippen LogP contribution in [0.3, 0.4) is 0 Å². The Labute approximate surface area is 160 Å². The van der Waals surface area contributed by atoms with Gasteiger partial charge in [0.1, 0.15) is 16.8 Å². The van der Waals surface area contributed by atoms with Crippen LogP contribution in [-0.4, -0.2) is 39.5 Å². The van der Waals surface area contributed by atoms with Gasteiger partial charge in [-0.2, -0.15) is 0 Å². The van der Waals surface area contributed by atoms with E-state index in [0.717, 1.165) is 11.0 Å². The zero-order chi connectivity index (χ0) is 19.7. The lowest BCUT2D eigenvalue weighted by Crippen LogP contribution is -2.13. The van der Waals surface area contributed by atoms with Gasteiger partial charge < -0.3 is 18.9 Å². The van der Waals surface area contributed by atoms with Gasteiger partial charge in [0.2, 0.25) is 0 Å². The van der Waals surface area contributed by atoms with E-state index in [2.05, 4.69) is 9.97 Å². The second-order valence-corrected chi connectivity index (χ2v) is 6.10. The quantitative estimate of drug-likeness (QED) is 0.534. The first-order chi connectivity index (χ1) is 13.7. The van der Waals surface area contributed by atoms with Gasteiger partial charge in [-0.05, 0) is 38.1 Å². The van der Waals surface area contributed by atoms with E-state index in [0.29, 0.717) is 17.0 Å². The fraction of sp³-hybridized carbons (Fsp3) is 0.190. The lowest BCUT2D eigenvalue weighted by atomic mass is 10.1. The molecule has 0 aliphatic carbocycles. The van der Waals surface area contributed by atoms with Crippen molar-refractivity contribution in [1.29, 1.82) is 0 Å². The van der Waals surface area contributed by atoms with Gasteiger partial charge >= 0.3 is 11.9 Å². The first-order valence-corrected chi connectivity index (χ1v) is 9.08. The van der Waals surface area contributed by atoms with E-state index < -0.39 is 11.9 Å². The normalized spacial score (nSPS) is 11.1. The molecule has 0 spiro atoms. The zero-order valence-electron chi connectivity index (χ0n) is 15.6. The smallest absolute Gasteiger partial charge is 0.341 e. The summed E-state index contributed by atoms with van der Waals surface area (Å²) in [4.78, 5) is 33.5. The molecule has 0 aliphatic rings. The number of imidazole rings is 1. The number of hydrogen-bond donors (Lipinski definition) is 1. The van der Waals surface area contributed by atoms with Gasteiger partial charge in [-0.3, -0.25) is 0 Å². The molecule has 7 heteroatoms. The number of fused-ring (bicyclic) bond motifs is 2. The van der Waals surface area contributed by atoms with Gasteiger partial charge in [0, 0.05) is 6.20 Å². The molecule has 0 radical (unpaired) electrons. The SMILES string of the molecule is CCOC(=O)c1c(C(=O)OCC)c2ccccn2c1-c1nc2ccccc2[nH]1. The van der Waals surface area contributed by atoms with Crippen molar-refractivity contribution in [2.75, 3.05) is 13.2 Å². The topological polar surface area (TPSA) is 85.7 Å². The van der Waals surface area contributed by atoms with Crippen molar-refractivity contribution >= 4 is 28.5 Å². The third kappa shape index (κ3) is 2.81. The van der Waals surface area contributed by atoms with Crippen molar-refractivity contribution in [3.8, 4) is 11.5 Å². The number of nitrogens with zero attached hydrogens (tertiary/aromatic N) is 2. The summed E-state index contributed by atoms with van der Waals surface area (Å²) < 4.78 is 12.2. The summed E-state index contributed by atoms with van der Waals surface area (Å²) in [5.74, 6) is -0.692. The highest BCUT2D eigenvalue weighted by Crippen LogP contribution is 2.33. The number of benzene rings is 1. The number of nitrogens with one attached hydrogen (secondary N) is 1. The van der Waals surface area contributed by atoms with E-state index in [9.17, 15) is 9.59 Å². The molecule has 0 unspecified atom stereocenters. The van der Waals surface area contributed by atoms with Gasteiger partial charge in [0.15, 0.2) is 5.82 Å². The van der Waals surface area contributed by atoms with Crippen molar-refractivity contribution in [3.05, 3.63) is 59.8 Å². The minimum Gasteiger partial charge on any atom is -0.462 e. The summed E-state index contributed by atoms with van der Waals surface area (Å²) >= 11 is 0. The standard InChI is InChI=1S/C21H19N3O4/c1-3-27-20(25)16-15-11-7-8-12-24(15)18(17(16)21(26)28-4-2)19-22-13-9-5-6-10-14(13)23-19/h5-12H,3-4H2,1-2H3,(H,22,23). The minimum atomic E-state index is -0.593. The Morgan fingerprint density at radius 2 is 1.64 bits per heavy atom. The van der Waals surface area contributed by atoms with Crippen LogP contribution in [0, 0.1) is 0 Å². The number of ether oxygens (including phenoxy) is 2. The van der Waals surface area contributed by atoms with Crippen LogP contribution >= 0.6 is 0 Å². The first kappa shape index (κ1) is 17.8. The molecule has 142 valence electrons. The summed E-state index contributed by atoms with van der Waals surface area (Å²) in [5, 5.41) is 0. The number of pyridine rings is 1. The number of para-hydroxylation sites is 2. The molecule has 1 aromatic carbocycles. The number of carbonyl (C=O) groups excluding carboxylic acids is 2. The fourth-order valence-corrected chi connectivity index (χ4v) is 3.32. The first-order valence-electron chi connectivity index (χ1n) is 9.08. The summed E-state index contributed by atoms with van der Waals surface area (Å²) in [6, 6.07) is 13.0. The molecule has 0 bridgehead atoms. The second-order valence-electron chi connectivity index (χ2n) is 6.10. The van der Waals surface area contributed by atoms with E-state index in [1.54, 1.807) is 36.6 Å². The molecule has 0 saturated heterocycles. The van der Waals surface area contributed by atoms with Crippen molar-refractivity contribution < 1.29 is 19.1 Å². The lowest BCUT2D eigenvalue weighted by Gasteiger charge is -2.06. The second kappa shape index (κ2) is 7.19. The number of H-pyrrole nitrogens is 1. The number of aromatic amines is 1. The third-order valence-electron chi connectivity index (χ3n) is 4.42. The van der Waals surface area contributed by atoms with Crippen LogP contribution in [0.5, 0.6) is 0 Å². The Kier molecular flexibility index (Phi) is 4.57. The van der Waals surface area contributed by atoms with Crippen molar-refractivity contribution in [3.63, 3.8) is 0 Å². The summed E-state index contributed by atoms with van der Waals surface area (Å²) in [5.41, 5.74) is 2.93. The average molecular weight is 377 g/mol. The molecule has 0 atom stereocenters. The van der Waals surface area contributed by atoms with Crippen LogP contribution < -0.4 is 0 Å². The van der Waals surface area contributed by atoms with Crippen LogP contribution in [-0.2, 0) is 9.47 Å². The van der Waals surface area contributed by atoms with Crippen LogP contribution in [0.2, 0.25) is 0 Å². The summed E-state index contributed by atoms with van der Waals surface area (Å²) in [7, 11) is 0. The lowest BCUT2D eigenvalue weighted by molar-refractivity contribution is 0.0482. The highest BCUT2D eigenvalue weighted by Gasteiger charge is 2.31. The molecule has 7 nitrogen and oxygen atoms in total. The Morgan fingerprint density at radius 3 is 2.36 bits per heavy atom. The Hall–Kier alpha value is -3.61. The van der Waals surface area contributed by atoms with Crippen LogP contribution in [0.1, 0.15) is 34.6 Å². The van der Waals surface area contributed by atoms with E-state index >= 15 is 0 Å². The highest BCUT2D eigenvalue weighted by atomic mass is 16.5. The number of carbonyl (C=O) groups is 2. The largest absolute Gasteiger partial charge is 0.462 e. The molecule has 3 aromatic heterocycles. The maximum atomic E-state index is 12.9. The minimum absolute atomic E-state index is 0.144. The molecule has 4 aromatic rings. The van der Waals surface area contributed by atoms with Gasteiger partial charge in [-0.25, -0.2) is 14.6 Å². The predicted octanol–water partition coefficient (Wildman–Crippen LogP) is 3.84. The number of esters is 2. The maximum Gasteiger partial charge on any atom is 0.341 e. The molecule has 1 N–H and O–H groups in total. The van der Waals surface area contributed by atoms with Gasteiger partial charge in [-0.15, -0.1) is 0 Å². The van der Waals surface area contributed by atoms with E-state index in [1.165, 1.54) is 0 Å². The molecule has 4 rings (SSSR count). The van der Waals surface area contributed by atoms with E-state index in [1.807, 2.05) is 30.3 Å². The molecule has 0 fully saturated rings. The van der Waals surface area contributed by atoms with Crippen molar-refractivity contribution in [2.24, 2.45) is 0 Å². The van der Waals surface area contributed by atoms with Crippen molar-refractivity contribution in [2.45, 2.75) is 13.8 Å². The molecular weight excluding hydrogens is 358 g/mol. The number of hydrogen-bond acceptors (Lipinski definition) is 5. The van der Waals surface area contributed by atoms with E-state index in [4.69, 9.17) is 9.47 Å². The molecule has 28 heavy (non-hydrogen) atoms. The van der Waals surface area contributed by atoms with Crippen LogP contribution in [0.15, 0.2) is 48.7 Å². The van der Waals surface area contributed by atoms with E-state index in [-0.39, 0.29) is 24.3 Å². The molecule has 0 saturated carbocycles. The molecule has 3 heterocycles. The van der Waals surface area contributed by atoms with Crippen LogP contribution in [0.25, 0.3) is 28.1 Å². The Balaban J connectivity index is 2.07. The van der Waals surface area contributed by atoms with Gasteiger partial charge in [0.05, 0.1) is 29.8 Å². The Morgan fingerprint density at radius 1 is 0.964 bits per heavy atom. The van der Waals surface area contributed by atoms with Gasteiger partial charge in [0.25, 0.3) is 0 Å². The Bertz CT molecular complexity index is 1160.